The van der Waals surface area contributed by atoms with Crippen molar-refractivity contribution in [2.75, 3.05) is 11.4 Å². The van der Waals surface area contributed by atoms with Gasteiger partial charge in [0.1, 0.15) is 0 Å². The highest BCUT2D eigenvalue weighted by molar-refractivity contribution is 5.66. The monoisotopic (exact) mass is 289 g/mol. The average Bonchev–Trinajstić information content (AvgIpc) is 2.97. The molecule has 1 fully saturated rings. The zero-order valence-electron chi connectivity index (χ0n) is 13.2. The van der Waals surface area contributed by atoms with Gasteiger partial charge in [-0.1, -0.05) is 38.8 Å². The maximum atomic E-state index is 10.8. The summed E-state index contributed by atoms with van der Waals surface area (Å²) in [5.74, 6) is -0.174. The van der Waals surface area contributed by atoms with E-state index >= 15 is 0 Å². The van der Waals surface area contributed by atoms with E-state index in [0.29, 0.717) is 12.0 Å². The van der Waals surface area contributed by atoms with Crippen LogP contribution in [-0.2, 0) is 4.79 Å². The molecule has 2 rings (SSSR count). The van der Waals surface area contributed by atoms with E-state index in [2.05, 4.69) is 43.0 Å². The SMILES string of the molecule is CC(C)c1cccc(N(CCCC(=O)O)C2CCCC2)c1. The molecule has 0 aromatic heterocycles. The van der Waals surface area contributed by atoms with Gasteiger partial charge in [0.25, 0.3) is 0 Å². The van der Waals surface area contributed by atoms with Gasteiger partial charge in [0.05, 0.1) is 0 Å². The van der Waals surface area contributed by atoms with Crippen LogP contribution in [0.25, 0.3) is 0 Å². The van der Waals surface area contributed by atoms with Crippen molar-refractivity contribution in [1.82, 2.24) is 0 Å². The molecular weight excluding hydrogens is 262 g/mol. The Hall–Kier alpha value is -1.51. The third-order valence-corrected chi connectivity index (χ3v) is 4.42. The van der Waals surface area contributed by atoms with Crippen molar-refractivity contribution in [2.45, 2.75) is 64.3 Å². The minimum atomic E-state index is -0.697. The fraction of sp³-hybridized carbons (Fsp3) is 0.611. The Morgan fingerprint density at radius 3 is 2.67 bits per heavy atom. The molecule has 0 saturated heterocycles. The van der Waals surface area contributed by atoms with Crippen LogP contribution in [0.1, 0.15) is 63.9 Å². The summed E-state index contributed by atoms with van der Waals surface area (Å²) in [7, 11) is 0. The molecule has 1 aliphatic rings. The molecule has 1 aromatic rings. The molecule has 3 heteroatoms. The Balaban J connectivity index is 2.13. The van der Waals surface area contributed by atoms with Crippen LogP contribution in [0.3, 0.4) is 0 Å². The maximum absolute atomic E-state index is 10.8. The van der Waals surface area contributed by atoms with Crippen LogP contribution >= 0.6 is 0 Å². The van der Waals surface area contributed by atoms with Gasteiger partial charge in [0, 0.05) is 24.7 Å². The summed E-state index contributed by atoms with van der Waals surface area (Å²) in [4.78, 5) is 13.2. The van der Waals surface area contributed by atoms with Crippen molar-refractivity contribution in [3.63, 3.8) is 0 Å². The van der Waals surface area contributed by atoms with Gasteiger partial charge in [-0.25, -0.2) is 0 Å². The summed E-state index contributed by atoms with van der Waals surface area (Å²) < 4.78 is 0. The van der Waals surface area contributed by atoms with Crippen LogP contribution in [0.5, 0.6) is 0 Å². The van der Waals surface area contributed by atoms with Crippen molar-refractivity contribution in [3.05, 3.63) is 29.8 Å². The second-order valence-corrected chi connectivity index (χ2v) is 6.38. The van der Waals surface area contributed by atoms with E-state index in [1.807, 2.05) is 0 Å². The van der Waals surface area contributed by atoms with Gasteiger partial charge >= 0.3 is 5.97 Å². The number of anilines is 1. The van der Waals surface area contributed by atoms with Crippen molar-refractivity contribution in [1.29, 1.82) is 0 Å². The second-order valence-electron chi connectivity index (χ2n) is 6.38. The van der Waals surface area contributed by atoms with Gasteiger partial charge in [-0.2, -0.15) is 0 Å². The predicted octanol–water partition coefficient (Wildman–Crippen LogP) is 4.42. The lowest BCUT2D eigenvalue weighted by atomic mass is 10.0. The summed E-state index contributed by atoms with van der Waals surface area (Å²) in [5, 5.41) is 8.86. The minimum Gasteiger partial charge on any atom is -0.481 e. The number of carboxylic acids is 1. The van der Waals surface area contributed by atoms with E-state index in [0.717, 1.165) is 13.0 Å². The highest BCUT2D eigenvalue weighted by Crippen LogP contribution is 2.30. The molecule has 0 bridgehead atoms. The number of aliphatic carboxylic acids is 1. The zero-order chi connectivity index (χ0) is 15.2. The molecule has 3 nitrogen and oxygen atoms in total. The van der Waals surface area contributed by atoms with E-state index in [1.54, 1.807) is 0 Å². The number of nitrogens with zero attached hydrogens (tertiary/aromatic N) is 1. The maximum Gasteiger partial charge on any atom is 0.303 e. The van der Waals surface area contributed by atoms with Crippen LogP contribution in [0.4, 0.5) is 5.69 Å². The first-order valence-corrected chi connectivity index (χ1v) is 8.16. The van der Waals surface area contributed by atoms with Gasteiger partial charge in [-0.3, -0.25) is 4.79 Å². The van der Waals surface area contributed by atoms with E-state index in [9.17, 15) is 4.79 Å². The number of benzene rings is 1. The summed E-state index contributed by atoms with van der Waals surface area (Å²) in [5.41, 5.74) is 2.62. The van der Waals surface area contributed by atoms with E-state index in [4.69, 9.17) is 5.11 Å². The molecule has 0 aliphatic heterocycles. The number of carboxylic acid groups (broad SMARTS) is 1. The molecule has 0 atom stereocenters. The summed E-state index contributed by atoms with van der Waals surface area (Å²) in [6, 6.07) is 9.35. The number of hydrogen-bond acceptors (Lipinski definition) is 2. The largest absolute Gasteiger partial charge is 0.481 e. The Labute approximate surface area is 128 Å². The first kappa shape index (κ1) is 15.9. The Morgan fingerprint density at radius 1 is 1.33 bits per heavy atom. The van der Waals surface area contributed by atoms with E-state index < -0.39 is 5.97 Å². The normalized spacial score (nSPS) is 15.6. The third kappa shape index (κ3) is 4.48. The lowest BCUT2D eigenvalue weighted by molar-refractivity contribution is -0.137. The highest BCUT2D eigenvalue weighted by atomic mass is 16.4. The summed E-state index contributed by atoms with van der Waals surface area (Å²) in [6.07, 6.45) is 6.04. The Kier molecular flexibility index (Phi) is 5.66. The topological polar surface area (TPSA) is 40.5 Å². The average molecular weight is 289 g/mol. The first-order valence-electron chi connectivity index (χ1n) is 8.16. The number of rotatable bonds is 7. The second kappa shape index (κ2) is 7.48. The first-order chi connectivity index (χ1) is 10.1. The van der Waals surface area contributed by atoms with Gasteiger partial charge in [-0.15, -0.1) is 0 Å². The van der Waals surface area contributed by atoms with Gasteiger partial charge in [0.2, 0.25) is 0 Å². The van der Waals surface area contributed by atoms with Crippen LogP contribution in [0.15, 0.2) is 24.3 Å². The molecule has 0 spiro atoms. The number of carbonyl (C=O) groups is 1. The summed E-state index contributed by atoms with van der Waals surface area (Å²) in [6.45, 7) is 5.27. The molecule has 0 amide bonds. The smallest absolute Gasteiger partial charge is 0.303 e. The van der Waals surface area contributed by atoms with Crippen molar-refractivity contribution in [2.24, 2.45) is 0 Å². The van der Waals surface area contributed by atoms with Crippen molar-refractivity contribution >= 4 is 11.7 Å². The minimum absolute atomic E-state index is 0.257. The van der Waals surface area contributed by atoms with Crippen molar-refractivity contribution < 1.29 is 9.90 Å². The molecule has 0 heterocycles. The molecule has 1 N–H and O–H groups in total. The molecule has 1 aliphatic carbocycles. The molecule has 21 heavy (non-hydrogen) atoms. The van der Waals surface area contributed by atoms with Crippen LogP contribution < -0.4 is 4.90 Å². The lowest BCUT2D eigenvalue weighted by Gasteiger charge is -2.31. The van der Waals surface area contributed by atoms with E-state index in [-0.39, 0.29) is 6.42 Å². The lowest BCUT2D eigenvalue weighted by Crippen LogP contribution is -2.34. The third-order valence-electron chi connectivity index (χ3n) is 4.42. The fourth-order valence-electron chi connectivity index (χ4n) is 3.20. The predicted molar refractivity (Wildman–Crippen MR) is 87.0 cm³/mol. The molecule has 0 unspecified atom stereocenters. The molecular formula is C18H27NO2. The van der Waals surface area contributed by atoms with Crippen LogP contribution in [0.2, 0.25) is 0 Å². The zero-order valence-corrected chi connectivity index (χ0v) is 13.2. The Bertz CT molecular complexity index is 464. The van der Waals surface area contributed by atoms with Crippen molar-refractivity contribution in [3.8, 4) is 0 Å². The molecule has 1 aromatic carbocycles. The van der Waals surface area contributed by atoms with Crippen LogP contribution in [-0.4, -0.2) is 23.7 Å². The molecule has 116 valence electrons. The fourth-order valence-corrected chi connectivity index (χ4v) is 3.20. The molecule has 0 radical (unpaired) electrons. The summed E-state index contributed by atoms with van der Waals surface area (Å²) >= 11 is 0. The standard InChI is InChI=1S/C18H27NO2/c1-14(2)15-7-5-10-17(13-15)19(12-6-11-18(20)21)16-8-3-4-9-16/h5,7,10,13-14,16H,3-4,6,8-9,11-12H2,1-2H3,(H,20,21). The number of hydrogen-bond donors (Lipinski definition) is 1. The Morgan fingerprint density at radius 2 is 2.05 bits per heavy atom. The van der Waals surface area contributed by atoms with E-state index in [1.165, 1.54) is 36.9 Å². The van der Waals surface area contributed by atoms with Gasteiger partial charge in [0.15, 0.2) is 0 Å². The van der Waals surface area contributed by atoms with Gasteiger partial charge < -0.3 is 10.0 Å². The van der Waals surface area contributed by atoms with Crippen LogP contribution in [0, 0.1) is 0 Å². The quantitative estimate of drug-likeness (QED) is 0.807. The van der Waals surface area contributed by atoms with Gasteiger partial charge in [-0.05, 0) is 42.9 Å². The highest BCUT2D eigenvalue weighted by Gasteiger charge is 2.23. The molecule has 1 saturated carbocycles.